The number of carbonyl (C=O) groups excluding carboxylic acids is 2. The molecule has 256 valence electrons. The molecule has 3 aliphatic rings. The van der Waals surface area contributed by atoms with E-state index < -0.39 is 6.29 Å². The smallest absolute Gasteiger partial charge is 0.257 e. The molecule has 3 heterocycles. The van der Waals surface area contributed by atoms with Gasteiger partial charge in [0.25, 0.3) is 5.91 Å². The van der Waals surface area contributed by atoms with Gasteiger partial charge in [-0.25, -0.2) is 0 Å². The molecular weight excluding hydrogens is 604 g/mol. The molecule has 48 heavy (non-hydrogen) atoms. The quantitative estimate of drug-likeness (QED) is 0.252. The van der Waals surface area contributed by atoms with Gasteiger partial charge in [-0.2, -0.15) is 0 Å². The number of pyridine rings is 1. The normalized spacial score (nSPS) is 27.9. The zero-order chi connectivity index (χ0) is 33.8. The highest BCUT2D eigenvalue weighted by molar-refractivity contribution is 6.04. The van der Waals surface area contributed by atoms with Crippen molar-refractivity contribution in [2.75, 3.05) is 11.9 Å². The van der Waals surface area contributed by atoms with E-state index in [0.29, 0.717) is 29.8 Å². The van der Waals surface area contributed by atoms with Crippen LogP contribution < -0.4 is 10.6 Å². The SMILES string of the molecule is CC1C(CN2C(C(=O)NC(C)(C)C)CCC3CCCCC32)OC(c2cccc(NC(=O)c3cccnc3)c2)OC1c1ccc(CO)cc1. The fourth-order valence-electron chi connectivity index (χ4n) is 7.73. The number of likely N-dealkylation sites (tertiary alicyclic amines) is 1. The van der Waals surface area contributed by atoms with Gasteiger partial charge in [0.05, 0.1) is 30.4 Å². The summed E-state index contributed by atoms with van der Waals surface area (Å²) in [5, 5.41) is 15.9. The molecule has 1 aliphatic carbocycles. The zero-order valence-corrected chi connectivity index (χ0v) is 28.6. The Morgan fingerprint density at radius 2 is 1.75 bits per heavy atom. The fourth-order valence-corrected chi connectivity index (χ4v) is 7.73. The van der Waals surface area contributed by atoms with Gasteiger partial charge in [-0.1, -0.05) is 56.2 Å². The number of aliphatic hydroxyl groups is 1. The van der Waals surface area contributed by atoms with Crippen LogP contribution in [0.5, 0.6) is 0 Å². The lowest BCUT2D eigenvalue weighted by Gasteiger charge is -2.51. The number of nitrogens with zero attached hydrogens (tertiary/aromatic N) is 2. The Balaban J connectivity index is 1.30. The predicted octanol–water partition coefficient (Wildman–Crippen LogP) is 6.56. The second-order valence-corrected chi connectivity index (χ2v) is 14.8. The number of anilines is 1. The van der Waals surface area contributed by atoms with Crippen molar-refractivity contribution in [3.63, 3.8) is 0 Å². The Kier molecular flexibility index (Phi) is 10.6. The van der Waals surface area contributed by atoms with Crippen molar-refractivity contribution in [2.45, 2.75) is 109 Å². The third kappa shape index (κ3) is 7.97. The number of nitrogens with one attached hydrogen (secondary N) is 2. The van der Waals surface area contributed by atoms with Crippen molar-refractivity contribution < 1.29 is 24.2 Å². The molecule has 2 amide bonds. The van der Waals surface area contributed by atoms with E-state index in [9.17, 15) is 14.7 Å². The van der Waals surface area contributed by atoms with Gasteiger partial charge in [0, 0.05) is 47.7 Å². The summed E-state index contributed by atoms with van der Waals surface area (Å²) < 4.78 is 13.6. The number of piperidine rings is 1. The summed E-state index contributed by atoms with van der Waals surface area (Å²) in [6, 6.07) is 19.1. The van der Waals surface area contributed by atoms with Crippen LogP contribution in [-0.4, -0.2) is 57.1 Å². The molecule has 1 aromatic heterocycles. The van der Waals surface area contributed by atoms with Gasteiger partial charge < -0.3 is 25.2 Å². The average molecular weight is 655 g/mol. The predicted molar refractivity (Wildman–Crippen MR) is 185 cm³/mol. The minimum Gasteiger partial charge on any atom is -0.392 e. The monoisotopic (exact) mass is 654 g/mol. The first-order valence-corrected chi connectivity index (χ1v) is 17.5. The molecule has 0 bridgehead atoms. The number of hydrogen-bond donors (Lipinski definition) is 3. The Labute approximate surface area is 284 Å². The summed E-state index contributed by atoms with van der Waals surface area (Å²) in [5.74, 6) is 0.414. The first kappa shape index (κ1) is 34.2. The lowest BCUT2D eigenvalue weighted by atomic mass is 9.75. The molecule has 0 radical (unpaired) electrons. The highest BCUT2D eigenvalue weighted by Gasteiger charge is 2.46. The molecule has 3 aromatic rings. The van der Waals surface area contributed by atoms with Crippen LogP contribution in [0, 0.1) is 11.8 Å². The summed E-state index contributed by atoms with van der Waals surface area (Å²) in [6.45, 7) is 8.87. The van der Waals surface area contributed by atoms with Crippen LogP contribution in [0.1, 0.15) is 106 Å². The molecule has 2 aliphatic heterocycles. The molecule has 7 atom stereocenters. The molecular formula is C39H50N4O5. The molecule has 2 aromatic carbocycles. The van der Waals surface area contributed by atoms with E-state index in [0.717, 1.165) is 36.0 Å². The number of amides is 2. The summed E-state index contributed by atoms with van der Waals surface area (Å²) in [5.41, 5.74) is 3.43. The fraction of sp³-hybridized carbons (Fsp3) is 0.513. The molecule has 9 heteroatoms. The Bertz CT molecular complexity index is 1540. The first-order valence-electron chi connectivity index (χ1n) is 17.5. The maximum absolute atomic E-state index is 13.8. The molecule has 3 N–H and O–H groups in total. The minimum atomic E-state index is -0.697. The van der Waals surface area contributed by atoms with Crippen LogP contribution >= 0.6 is 0 Å². The van der Waals surface area contributed by atoms with E-state index in [-0.39, 0.29) is 48.1 Å². The molecule has 0 spiro atoms. The largest absolute Gasteiger partial charge is 0.392 e. The summed E-state index contributed by atoms with van der Waals surface area (Å²) in [7, 11) is 0. The van der Waals surface area contributed by atoms with E-state index in [1.165, 1.54) is 25.5 Å². The standard InChI is InChI=1S/C39H50N4O5/c1-25-34(23-43-32-13-6-5-9-27(32)18-19-33(43)37(46)42-39(2,3)4)47-38(48-35(25)28-16-14-26(24-44)15-17-28)29-10-7-12-31(21-29)41-36(45)30-11-8-20-40-22-30/h7-8,10-12,14-17,20-22,25,27,32-35,38,44H,5-6,9,13,18-19,23-24H2,1-4H3,(H,41,45)(H,42,46). The van der Waals surface area contributed by atoms with Crippen molar-refractivity contribution in [3.8, 4) is 0 Å². The first-order chi connectivity index (χ1) is 23.1. The summed E-state index contributed by atoms with van der Waals surface area (Å²) >= 11 is 0. The summed E-state index contributed by atoms with van der Waals surface area (Å²) in [4.78, 5) is 33.3. The number of benzene rings is 2. The Hall–Kier alpha value is -3.63. The number of rotatable bonds is 8. The molecule has 6 rings (SSSR count). The highest BCUT2D eigenvalue weighted by Crippen LogP contribution is 2.44. The second-order valence-electron chi connectivity index (χ2n) is 14.8. The number of hydrogen-bond acceptors (Lipinski definition) is 7. The van der Waals surface area contributed by atoms with Crippen molar-refractivity contribution >= 4 is 17.5 Å². The maximum atomic E-state index is 13.8. The van der Waals surface area contributed by atoms with Crippen LogP contribution in [-0.2, 0) is 20.9 Å². The van der Waals surface area contributed by atoms with Gasteiger partial charge in [-0.15, -0.1) is 0 Å². The number of ether oxygens (including phenoxy) is 2. The highest BCUT2D eigenvalue weighted by atomic mass is 16.7. The molecule has 2 saturated heterocycles. The molecule has 7 unspecified atom stereocenters. The Morgan fingerprint density at radius 3 is 2.48 bits per heavy atom. The minimum absolute atomic E-state index is 0.0232. The molecule has 3 fully saturated rings. The molecule has 9 nitrogen and oxygen atoms in total. The van der Waals surface area contributed by atoms with Crippen LogP contribution in [0.2, 0.25) is 0 Å². The van der Waals surface area contributed by atoms with E-state index in [2.05, 4.69) is 27.4 Å². The number of aliphatic hydroxyl groups excluding tert-OH is 1. The van der Waals surface area contributed by atoms with Crippen molar-refractivity contribution in [2.24, 2.45) is 11.8 Å². The van der Waals surface area contributed by atoms with E-state index in [1.807, 2.05) is 69.3 Å². The van der Waals surface area contributed by atoms with Crippen LogP contribution in [0.4, 0.5) is 5.69 Å². The van der Waals surface area contributed by atoms with Crippen LogP contribution in [0.25, 0.3) is 0 Å². The number of fused-ring (bicyclic) bond motifs is 1. The lowest BCUT2D eigenvalue weighted by Crippen LogP contribution is -2.61. The number of aromatic nitrogens is 1. The van der Waals surface area contributed by atoms with Gasteiger partial charge in [0.1, 0.15) is 0 Å². The average Bonchev–Trinajstić information content (AvgIpc) is 3.09. The third-order valence-electron chi connectivity index (χ3n) is 10.2. The van der Waals surface area contributed by atoms with Gasteiger partial charge in [0.2, 0.25) is 5.91 Å². The van der Waals surface area contributed by atoms with Gasteiger partial charge >= 0.3 is 0 Å². The van der Waals surface area contributed by atoms with Crippen molar-refractivity contribution in [3.05, 3.63) is 95.3 Å². The van der Waals surface area contributed by atoms with E-state index >= 15 is 0 Å². The topological polar surface area (TPSA) is 113 Å². The van der Waals surface area contributed by atoms with Crippen LogP contribution in [0.15, 0.2) is 73.1 Å². The lowest BCUT2D eigenvalue weighted by molar-refractivity contribution is -0.278. The van der Waals surface area contributed by atoms with Gasteiger partial charge in [-0.05, 0) is 87.8 Å². The van der Waals surface area contributed by atoms with E-state index in [1.54, 1.807) is 18.3 Å². The van der Waals surface area contributed by atoms with Gasteiger partial charge in [0.15, 0.2) is 6.29 Å². The summed E-state index contributed by atoms with van der Waals surface area (Å²) in [6.07, 6.45) is 8.61. The Morgan fingerprint density at radius 1 is 0.958 bits per heavy atom. The van der Waals surface area contributed by atoms with Crippen molar-refractivity contribution in [1.29, 1.82) is 0 Å². The molecule has 1 saturated carbocycles. The van der Waals surface area contributed by atoms with Crippen molar-refractivity contribution in [1.82, 2.24) is 15.2 Å². The second kappa shape index (κ2) is 14.9. The van der Waals surface area contributed by atoms with Gasteiger partial charge in [-0.3, -0.25) is 19.5 Å². The third-order valence-corrected chi connectivity index (χ3v) is 10.2. The maximum Gasteiger partial charge on any atom is 0.257 e. The van der Waals surface area contributed by atoms with Crippen LogP contribution in [0.3, 0.4) is 0 Å². The zero-order valence-electron chi connectivity index (χ0n) is 28.6. The van der Waals surface area contributed by atoms with E-state index in [4.69, 9.17) is 9.47 Å². The number of carbonyl (C=O) groups is 2.